The Morgan fingerprint density at radius 3 is 2.33 bits per heavy atom. The van der Waals surface area contributed by atoms with Gasteiger partial charge in [-0.2, -0.15) is 0 Å². The number of carboxylic acids is 1. The van der Waals surface area contributed by atoms with Crippen LogP contribution in [-0.2, 0) is 30.3 Å². The quantitative estimate of drug-likeness (QED) is 0.199. The predicted molar refractivity (Wildman–Crippen MR) is 133 cm³/mol. The maximum Gasteiger partial charge on any atom is 0.329 e. The number of carbonyl (C=O) groups is 2. The van der Waals surface area contributed by atoms with Gasteiger partial charge in [-0.25, -0.2) is 4.79 Å². The highest BCUT2D eigenvalue weighted by Gasteiger charge is 2.31. The SMILES string of the molecule is CC(C)O[C@H](OC(CO)[C@H](COCC(=O)O)OCc1ccccc1)C(C)NC(=O)c1cccc(N)c1. The molecule has 4 atom stereocenters. The Kier molecular flexibility index (Phi) is 12.3. The third-order valence-corrected chi connectivity index (χ3v) is 5.04. The minimum absolute atomic E-state index is 0.136. The number of aliphatic hydroxyl groups is 1. The highest BCUT2D eigenvalue weighted by atomic mass is 16.7. The molecule has 198 valence electrons. The first-order valence-corrected chi connectivity index (χ1v) is 11.7. The number of benzene rings is 2. The van der Waals surface area contributed by atoms with E-state index in [1.165, 1.54) is 0 Å². The maximum absolute atomic E-state index is 12.7. The van der Waals surface area contributed by atoms with Crippen molar-refractivity contribution in [1.82, 2.24) is 5.32 Å². The molecule has 0 aliphatic rings. The van der Waals surface area contributed by atoms with Crippen LogP contribution in [0.15, 0.2) is 54.6 Å². The molecule has 0 saturated carbocycles. The molecule has 0 saturated heterocycles. The molecule has 2 rings (SSSR count). The standard InChI is InChI=1S/C26H36N2O8/c1-17(2)35-26(18(3)28-25(32)20-10-7-11-21(27)12-20)36-22(13-29)23(15-33-16-24(30)31)34-14-19-8-5-4-6-9-19/h4-12,17-18,22-23,26,29H,13-16,27H2,1-3H3,(H,28,32)(H,30,31)/t18?,22?,23-,26+/m0/s1. The van der Waals surface area contributed by atoms with Crippen LogP contribution >= 0.6 is 0 Å². The summed E-state index contributed by atoms with van der Waals surface area (Å²) in [6.45, 7) is 4.42. The summed E-state index contributed by atoms with van der Waals surface area (Å²) in [7, 11) is 0. The van der Waals surface area contributed by atoms with Crippen molar-refractivity contribution in [2.75, 3.05) is 25.6 Å². The van der Waals surface area contributed by atoms with Gasteiger partial charge in [-0.1, -0.05) is 36.4 Å². The van der Waals surface area contributed by atoms with Crippen LogP contribution in [0.1, 0.15) is 36.7 Å². The number of carboxylic acid groups (broad SMARTS) is 1. The Morgan fingerprint density at radius 1 is 1.00 bits per heavy atom. The molecule has 2 aromatic rings. The lowest BCUT2D eigenvalue weighted by Gasteiger charge is -2.33. The zero-order chi connectivity index (χ0) is 26.5. The van der Waals surface area contributed by atoms with E-state index in [-0.39, 0.29) is 25.2 Å². The summed E-state index contributed by atoms with van der Waals surface area (Å²) in [6, 6.07) is 15.3. The van der Waals surface area contributed by atoms with Crippen LogP contribution in [0.3, 0.4) is 0 Å². The lowest BCUT2D eigenvalue weighted by molar-refractivity contribution is -0.233. The van der Waals surface area contributed by atoms with Crippen LogP contribution in [-0.4, -0.2) is 72.6 Å². The number of amides is 1. The summed E-state index contributed by atoms with van der Waals surface area (Å²) in [5.74, 6) is -1.49. The molecule has 10 heteroatoms. The average molecular weight is 505 g/mol. The van der Waals surface area contributed by atoms with Gasteiger partial charge in [0.25, 0.3) is 5.91 Å². The fourth-order valence-corrected chi connectivity index (χ4v) is 3.30. The molecule has 36 heavy (non-hydrogen) atoms. The van der Waals surface area contributed by atoms with Gasteiger partial charge >= 0.3 is 5.97 Å². The summed E-state index contributed by atoms with van der Waals surface area (Å²) in [4.78, 5) is 23.6. The third-order valence-electron chi connectivity index (χ3n) is 5.04. The highest BCUT2D eigenvalue weighted by molar-refractivity contribution is 5.95. The van der Waals surface area contributed by atoms with Gasteiger partial charge in [-0.05, 0) is 44.5 Å². The molecular weight excluding hydrogens is 468 g/mol. The van der Waals surface area contributed by atoms with Crippen LogP contribution in [0.2, 0.25) is 0 Å². The van der Waals surface area contributed by atoms with E-state index in [4.69, 9.17) is 29.8 Å². The zero-order valence-electron chi connectivity index (χ0n) is 20.8. The molecule has 1 amide bonds. The highest BCUT2D eigenvalue weighted by Crippen LogP contribution is 2.16. The van der Waals surface area contributed by atoms with Gasteiger partial charge < -0.3 is 40.2 Å². The summed E-state index contributed by atoms with van der Waals surface area (Å²) in [6.07, 6.45) is -2.95. The topological polar surface area (TPSA) is 150 Å². The molecule has 0 spiro atoms. The molecule has 0 aromatic heterocycles. The Hall–Kier alpha value is -3.02. The number of nitrogens with one attached hydrogen (secondary N) is 1. The second kappa shape index (κ2) is 15.2. The number of hydrogen-bond donors (Lipinski definition) is 4. The van der Waals surface area contributed by atoms with Crippen molar-refractivity contribution in [3.63, 3.8) is 0 Å². The maximum atomic E-state index is 12.7. The molecule has 5 N–H and O–H groups in total. The van der Waals surface area contributed by atoms with Crippen LogP contribution < -0.4 is 11.1 Å². The van der Waals surface area contributed by atoms with E-state index < -0.39 is 43.7 Å². The van der Waals surface area contributed by atoms with Gasteiger partial charge in [-0.15, -0.1) is 0 Å². The monoisotopic (exact) mass is 504 g/mol. The summed E-state index contributed by atoms with van der Waals surface area (Å²) >= 11 is 0. The second-order valence-corrected chi connectivity index (χ2v) is 8.54. The number of carbonyl (C=O) groups excluding carboxylic acids is 1. The normalized spacial score (nSPS) is 14.7. The summed E-state index contributed by atoms with van der Waals surface area (Å²) < 4.78 is 23.2. The fourth-order valence-electron chi connectivity index (χ4n) is 3.30. The van der Waals surface area contributed by atoms with Gasteiger partial charge in [0.15, 0.2) is 6.29 Å². The van der Waals surface area contributed by atoms with E-state index in [0.29, 0.717) is 11.3 Å². The van der Waals surface area contributed by atoms with Crippen molar-refractivity contribution in [3.8, 4) is 0 Å². The predicted octanol–water partition coefficient (Wildman–Crippen LogP) is 2.20. The van der Waals surface area contributed by atoms with Crippen LogP contribution in [0.4, 0.5) is 5.69 Å². The van der Waals surface area contributed by atoms with Crippen molar-refractivity contribution in [2.24, 2.45) is 0 Å². The van der Waals surface area contributed by atoms with Crippen molar-refractivity contribution in [2.45, 2.75) is 58.0 Å². The molecule has 10 nitrogen and oxygen atoms in total. The van der Waals surface area contributed by atoms with Crippen molar-refractivity contribution in [3.05, 3.63) is 65.7 Å². The van der Waals surface area contributed by atoms with Crippen LogP contribution in [0, 0.1) is 0 Å². The fraction of sp³-hybridized carbons (Fsp3) is 0.462. The summed E-state index contributed by atoms with van der Waals surface area (Å²) in [5, 5.41) is 21.9. The molecule has 0 fully saturated rings. The smallest absolute Gasteiger partial charge is 0.329 e. The van der Waals surface area contributed by atoms with E-state index in [2.05, 4.69) is 5.32 Å². The van der Waals surface area contributed by atoms with Crippen molar-refractivity contribution < 1.29 is 38.7 Å². The van der Waals surface area contributed by atoms with E-state index in [1.54, 1.807) is 31.2 Å². The Balaban J connectivity index is 2.13. The number of ether oxygens (including phenoxy) is 4. The van der Waals surface area contributed by atoms with Gasteiger partial charge in [-0.3, -0.25) is 4.79 Å². The lowest BCUT2D eigenvalue weighted by Crippen LogP contribution is -2.49. The molecule has 0 aliphatic heterocycles. The number of anilines is 1. The van der Waals surface area contributed by atoms with Gasteiger partial charge in [0, 0.05) is 11.3 Å². The van der Waals surface area contributed by atoms with Crippen LogP contribution in [0.25, 0.3) is 0 Å². The van der Waals surface area contributed by atoms with E-state index in [9.17, 15) is 14.7 Å². The third kappa shape index (κ3) is 10.3. The van der Waals surface area contributed by atoms with E-state index in [0.717, 1.165) is 5.56 Å². The Bertz CT molecular complexity index is 941. The Morgan fingerprint density at radius 2 is 1.72 bits per heavy atom. The first-order chi connectivity index (χ1) is 17.2. The van der Waals surface area contributed by atoms with Crippen molar-refractivity contribution >= 4 is 17.6 Å². The minimum Gasteiger partial charge on any atom is -0.480 e. The summed E-state index contributed by atoms with van der Waals surface area (Å²) in [5.41, 5.74) is 7.51. The number of nitrogen functional groups attached to an aromatic ring is 1. The van der Waals surface area contributed by atoms with E-state index >= 15 is 0 Å². The molecule has 0 heterocycles. The number of nitrogens with two attached hydrogens (primary N) is 1. The zero-order valence-corrected chi connectivity index (χ0v) is 20.8. The number of aliphatic hydroxyl groups excluding tert-OH is 1. The Labute approximate surface area is 211 Å². The average Bonchev–Trinajstić information content (AvgIpc) is 2.84. The minimum atomic E-state index is -1.13. The molecule has 0 radical (unpaired) electrons. The number of rotatable bonds is 16. The van der Waals surface area contributed by atoms with Crippen molar-refractivity contribution in [1.29, 1.82) is 0 Å². The first-order valence-electron chi connectivity index (χ1n) is 11.7. The molecular formula is C26H36N2O8. The number of aliphatic carboxylic acids is 1. The van der Waals surface area contributed by atoms with Gasteiger partial charge in [0.2, 0.25) is 0 Å². The number of hydrogen-bond acceptors (Lipinski definition) is 8. The van der Waals surface area contributed by atoms with Crippen LogP contribution in [0.5, 0.6) is 0 Å². The molecule has 2 unspecified atom stereocenters. The first kappa shape index (κ1) is 29.2. The largest absolute Gasteiger partial charge is 0.480 e. The van der Waals surface area contributed by atoms with Gasteiger partial charge in [0.05, 0.1) is 32.0 Å². The van der Waals surface area contributed by atoms with Gasteiger partial charge in [0.1, 0.15) is 18.8 Å². The molecule has 2 aromatic carbocycles. The second-order valence-electron chi connectivity index (χ2n) is 8.54. The van der Waals surface area contributed by atoms with E-state index in [1.807, 2.05) is 44.2 Å². The molecule has 0 bridgehead atoms. The molecule has 0 aliphatic carbocycles. The lowest BCUT2D eigenvalue weighted by atomic mass is 10.1.